The van der Waals surface area contributed by atoms with Crippen molar-refractivity contribution >= 4 is 0 Å². The molecule has 0 amide bonds. The first-order valence-electron chi connectivity index (χ1n) is 6.25. The lowest BCUT2D eigenvalue weighted by molar-refractivity contribution is 0.338. The van der Waals surface area contributed by atoms with E-state index in [0.29, 0.717) is 12.0 Å². The lowest BCUT2D eigenvalue weighted by atomic mass is 9.92. The molecule has 1 aromatic carbocycles. The van der Waals surface area contributed by atoms with E-state index in [1.165, 1.54) is 18.5 Å². The van der Waals surface area contributed by atoms with Gasteiger partial charge in [0.1, 0.15) is 5.75 Å². The Morgan fingerprint density at radius 3 is 2.76 bits per heavy atom. The van der Waals surface area contributed by atoms with Gasteiger partial charge in [-0.15, -0.1) is 0 Å². The van der Waals surface area contributed by atoms with Crippen molar-refractivity contribution in [3.63, 3.8) is 0 Å². The maximum Gasteiger partial charge on any atom is 0.123 e. The standard InChI is InChI=1S/C14H22N2O/c1-15-14(11-8-9-16(2)10-11)12-6-4-5-7-13(12)17-3/h4-7,11,14-15H,8-10H2,1-3H3. The van der Waals surface area contributed by atoms with Crippen LogP contribution in [0.1, 0.15) is 18.0 Å². The third-order valence-electron chi connectivity index (χ3n) is 3.68. The van der Waals surface area contributed by atoms with E-state index in [4.69, 9.17) is 4.74 Å². The van der Waals surface area contributed by atoms with Crippen LogP contribution >= 0.6 is 0 Å². The lowest BCUT2D eigenvalue weighted by Crippen LogP contribution is -2.27. The predicted octanol–water partition coefficient (Wildman–Crippen LogP) is 1.91. The maximum absolute atomic E-state index is 5.46. The van der Waals surface area contributed by atoms with Crippen LogP contribution < -0.4 is 10.1 Å². The molecular formula is C14H22N2O. The van der Waals surface area contributed by atoms with Crippen LogP contribution in [0.3, 0.4) is 0 Å². The monoisotopic (exact) mass is 234 g/mol. The van der Waals surface area contributed by atoms with Crippen molar-refractivity contribution in [3.05, 3.63) is 29.8 Å². The number of likely N-dealkylation sites (tertiary alicyclic amines) is 1. The molecule has 1 saturated heterocycles. The first kappa shape index (κ1) is 12.4. The van der Waals surface area contributed by atoms with Crippen LogP contribution in [0.5, 0.6) is 5.75 Å². The molecule has 1 aromatic rings. The molecule has 1 aliphatic heterocycles. The van der Waals surface area contributed by atoms with Crippen LogP contribution in [0.25, 0.3) is 0 Å². The van der Waals surface area contributed by atoms with Gasteiger partial charge in [0.2, 0.25) is 0 Å². The van der Waals surface area contributed by atoms with Crippen molar-refractivity contribution in [2.75, 3.05) is 34.3 Å². The zero-order valence-electron chi connectivity index (χ0n) is 10.9. The van der Waals surface area contributed by atoms with Crippen molar-refractivity contribution in [2.24, 2.45) is 5.92 Å². The molecule has 2 unspecified atom stereocenters. The molecule has 2 atom stereocenters. The Labute approximate surface area is 104 Å². The molecule has 0 bridgehead atoms. The smallest absolute Gasteiger partial charge is 0.123 e. The van der Waals surface area contributed by atoms with Crippen LogP contribution in [-0.4, -0.2) is 39.2 Å². The second kappa shape index (κ2) is 5.52. The number of nitrogens with zero attached hydrogens (tertiary/aromatic N) is 1. The largest absolute Gasteiger partial charge is 0.496 e. The summed E-state index contributed by atoms with van der Waals surface area (Å²) in [5.74, 6) is 1.66. The first-order valence-corrected chi connectivity index (χ1v) is 6.25. The molecule has 2 rings (SSSR count). The summed E-state index contributed by atoms with van der Waals surface area (Å²) < 4.78 is 5.46. The van der Waals surface area contributed by atoms with Gasteiger partial charge in [0.15, 0.2) is 0 Å². The van der Waals surface area contributed by atoms with Gasteiger partial charge in [0, 0.05) is 18.2 Å². The van der Waals surface area contributed by atoms with Gasteiger partial charge in [0.25, 0.3) is 0 Å². The summed E-state index contributed by atoms with van der Waals surface area (Å²) in [5.41, 5.74) is 1.28. The summed E-state index contributed by atoms with van der Waals surface area (Å²) >= 11 is 0. The highest BCUT2D eigenvalue weighted by Crippen LogP contribution is 2.34. The molecule has 1 fully saturated rings. The fourth-order valence-corrected chi connectivity index (χ4v) is 2.81. The Morgan fingerprint density at radius 1 is 1.41 bits per heavy atom. The Bertz CT molecular complexity index is 367. The molecule has 0 radical (unpaired) electrons. The van der Waals surface area contributed by atoms with E-state index in [1.807, 2.05) is 19.2 Å². The SMILES string of the molecule is CNC(c1ccccc1OC)C1CCN(C)C1. The van der Waals surface area contributed by atoms with Gasteiger partial charge in [-0.3, -0.25) is 0 Å². The molecule has 3 nitrogen and oxygen atoms in total. The van der Waals surface area contributed by atoms with E-state index in [1.54, 1.807) is 7.11 Å². The summed E-state index contributed by atoms with van der Waals surface area (Å²) in [5, 5.41) is 3.45. The van der Waals surface area contributed by atoms with Gasteiger partial charge in [-0.05, 0) is 39.0 Å². The van der Waals surface area contributed by atoms with Gasteiger partial charge < -0.3 is 15.0 Å². The number of rotatable bonds is 4. The lowest BCUT2D eigenvalue weighted by Gasteiger charge is -2.25. The second-order valence-electron chi connectivity index (χ2n) is 4.82. The Kier molecular flexibility index (Phi) is 4.02. The number of hydrogen-bond donors (Lipinski definition) is 1. The fraction of sp³-hybridized carbons (Fsp3) is 0.571. The summed E-state index contributed by atoms with van der Waals surface area (Å²) in [6, 6.07) is 8.70. The number of nitrogens with one attached hydrogen (secondary N) is 1. The predicted molar refractivity (Wildman–Crippen MR) is 70.4 cm³/mol. The molecule has 0 saturated carbocycles. The van der Waals surface area contributed by atoms with Crippen molar-refractivity contribution < 1.29 is 4.74 Å². The summed E-state index contributed by atoms with van der Waals surface area (Å²) in [7, 11) is 5.97. The van der Waals surface area contributed by atoms with Crippen molar-refractivity contribution in [2.45, 2.75) is 12.5 Å². The summed E-state index contributed by atoms with van der Waals surface area (Å²) in [6.45, 7) is 2.35. The molecule has 17 heavy (non-hydrogen) atoms. The van der Waals surface area contributed by atoms with Gasteiger partial charge in [-0.1, -0.05) is 18.2 Å². The third kappa shape index (κ3) is 2.61. The van der Waals surface area contributed by atoms with E-state index in [2.05, 4.69) is 29.4 Å². The minimum atomic E-state index is 0.385. The maximum atomic E-state index is 5.46. The minimum absolute atomic E-state index is 0.385. The Hall–Kier alpha value is -1.06. The average Bonchev–Trinajstić information content (AvgIpc) is 2.77. The highest BCUT2D eigenvalue weighted by molar-refractivity contribution is 5.36. The summed E-state index contributed by atoms with van der Waals surface area (Å²) in [4.78, 5) is 2.39. The van der Waals surface area contributed by atoms with Crippen LogP contribution in [0.2, 0.25) is 0 Å². The number of benzene rings is 1. The highest BCUT2D eigenvalue weighted by Gasteiger charge is 2.29. The highest BCUT2D eigenvalue weighted by atomic mass is 16.5. The van der Waals surface area contributed by atoms with Gasteiger partial charge in [-0.25, -0.2) is 0 Å². The van der Waals surface area contributed by atoms with Crippen molar-refractivity contribution in [3.8, 4) is 5.75 Å². The number of methoxy groups -OCH3 is 1. The van der Waals surface area contributed by atoms with E-state index in [0.717, 1.165) is 12.3 Å². The summed E-state index contributed by atoms with van der Waals surface area (Å²) in [6.07, 6.45) is 1.25. The molecule has 1 heterocycles. The van der Waals surface area contributed by atoms with Crippen LogP contribution in [0, 0.1) is 5.92 Å². The van der Waals surface area contributed by atoms with E-state index in [-0.39, 0.29) is 0 Å². The molecule has 1 N–H and O–H groups in total. The van der Waals surface area contributed by atoms with Gasteiger partial charge in [-0.2, -0.15) is 0 Å². The average molecular weight is 234 g/mol. The molecule has 0 aliphatic carbocycles. The zero-order valence-corrected chi connectivity index (χ0v) is 10.9. The number of hydrogen-bond acceptors (Lipinski definition) is 3. The number of para-hydroxylation sites is 1. The number of ether oxygens (including phenoxy) is 1. The van der Waals surface area contributed by atoms with Gasteiger partial charge in [0.05, 0.1) is 7.11 Å². The topological polar surface area (TPSA) is 24.5 Å². The van der Waals surface area contributed by atoms with E-state index >= 15 is 0 Å². The Morgan fingerprint density at radius 2 is 2.18 bits per heavy atom. The zero-order chi connectivity index (χ0) is 12.3. The van der Waals surface area contributed by atoms with Crippen molar-refractivity contribution in [1.29, 1.82) is 0 Å². The van der Waals surface area contributed by atoms with Gasteiger partial charge >= 0.3 is 0 Å². The second-order valence-corrected chi connectivity index (χ2v) is 4.82. The quantitative estimate of drug-likeness (QED) is 0.861. The van der Waals surface area contributed by atoms with E-state index < -0.39 is 0 Å². The minimum Gasteiger partial charge on any atom is -0.496 e. The molecule has 94 valence electrons. The van der Waals surface area contributed by atoms with Crippen LogP contribution in [0.4, 0.5) is 0 Å². The molecule has 3 heteroatoms. The van der Waals surface area contributed by atoms with E-state index in [9.17, 15) is 0 Å². The molecule has 1 aliphatic rings. The first-order chi connectivity index (χ1) is 8.26. The normalized spacial score (nSPS) is 22.6. The Balaban J connectivity index is 2.22. The fourth-order valence-electron chi connectivity index (χ4n) is 2.81. The van der Waals surface area contributed by atoms with Crippen molar-refractivity contribution in [1.82, 2.24) is 10.2 Å². The molecule has 0 spiro atoms. The molecular weight excluding hydrogens is 212 g/mol. The third-order valence-corrected chi connectivity index (χ3v) is 3.68. The van der Waals surface area contributed by atoms with Crippen LogP contribution in [-0.2, 0) is 0 Å². The molecule has 0 aromatic heterocycles. The van der Waals surface area contributed by atoms with Crippen LogP contribution in [0.15, 0.2) is 24.3 Å².